The van der Waals surface area contributed by atoms with E-state index in [1.165, 1.54) is 16.7 Å². The highest BCUT2D eigenvalue weighted by Crippen LogP contribution is 2.46. The molecule has 0 bridgehead atoms. The molecule has 9 nitrogen and oxygen atoms in total. The van der Waals surface area contributed by atoms with Crippen molar-refractivity contribution in [1.29, 1.82) is 0 Å². The van der Waals surface area contributed by atoms with Gasteiger partial charge in [0.05, 0.1) is 22.4 Å². The van der Waals surface area contributed by atoms with Gasteiger partial charge in [0.1, 0.15) is 17.5 Å². The quantitative estimate of drug-likeness (QED) is 0.281. The summed E-state index contributed by atoms with van der Waals surface area (Å²) in [6, 6.07) is 17.4. The van der Waals surface area contributed by atoms with Crippen molar-refractivity contribution < 1.29 is 32.6 Å². The van der Waals surface area contributed by atoms with Gasteiger partial charge >= 0.3 is 6.61 Å². The lowest BCUT2D eigenvalue weighted by Gasteiger charge is -2.24. The van der Waals surface area contributed by atoms with E-state index in [0.29, 0.717) is 17.1 Å². The first-order chi connectivity index (χ1) is 20.3. The molecule has 1 saturated heterocycles. The molecule has 0 spiro atoms. The van der Waals surface area contributed by atoms with E-state index in [0.717, 1.165) is 39.6 Å². The van der Waals surface area contributed by atoms with E-state index >= 15 is 0 Å². The van der Waals surface area contributed by atoms with Crippen LogP contribution in [0, 0.1) is 0 Å². The number of alkyl halides is 2. The van der Waals surface area contributed by atoms with E-state index in [9.17, 15) is 23.2 Å². The van der Waals surface area contributed by atoms with Crippen LogP contribution in [0.5, 0.6) is 11.5 Å². The Hall–Kier alpha value is -4.16. The van der Waals surface area contributed by atoms with Gasteiger partial charge in [0.25, 0.3) is 5.91 Å². The summed E-state index contributed by atoms with van der Waals surface area (Å²) in [7, 11) is 0. The Morgan fingerprint density at radius 3 is 2.74 bits per heavy atom. The van der Waals surface area contributed by atoms with Gasteiger partial charge in [0, 0.05) is 37.3 Å². The first kappa shape index (κ1) is 28.0. The zero-order valence-corrected chi connectivity index (χ0v) is 23.2. The maximum Gasteiger partial charge on any atom is 0.345 e. The van der Waals surface area contributed by atoms with Crippen LogP contribution in [-0.2, 0) is 27.3 Å². The van der Waals surface area contributed by atoms with Crippen molar-refractivity contribution >= 4 is 35.2 Å². The Morgan fingerprint density at radius 2 is 1.88 bits per heavy atom. The number of amides is 3. The Labute approximate surface area is 244 Å². The third kappa shape index (κ3) is 6.04. The van der Waals surface area contributed by atoms with E-state index in [-0.39, 0.29) is 19.5 Å². The minimum absolute atomic E-state index is 0.0781. The normalized spacial score (nSPS) is 18.4. The van der Waals surface area contributed by atoms with Gasteiger partial charge in [-0.25, -0.2) is 0 Å². The summed E-state index contributed by atoms with van der Waals surface area (Å²) in [5, 5.41) is 8.68. The number of carbonyl (C=O) groups excluding carboxylic acids is 3. The fraction of sp³-hybridized carbons (Fsp3) is 0.300. The summed E-state index contributed by atoms with van der Waals surface area (Å²) < 4.78 is 36.5. The molecule has 3 N–H and O–H groups in total. The predicted molar refractivity (Wildman–Crippen MR) is 151 cm³/mol. The number of rotatable bonds is 8. The van der Waals surface area contributed by atoms with Crippen LogP contribution in [0.4, 0.5) is 14.5 Å². The van der Waals surface area contributed by atoms with Crippen molar-refractivity contribution in [2.45, 2.75) is 47.9 Å². The summed E-state index contributed by atoms with van der Waals surface area (Å²) in [5.74, 6) is -0.342. The van der Waals surface area contributed by atoms with Gasteiger partial charge in [-0.15, -0.1) is 0 Å². The lowest BCUT2D eigenvalue weighted by Crippen LogP contribution is -2.48. The molecule has 3 aliphatic rings. The molecule has 218 valence electrons. The van der Waals surface area contributed by atoms with Gasteiger partial charge in [-0.2, -0.15) is 8.78 Å². The van der Waals surface area contributed by atoms with Crippen LogP contribution in [0.15, 0.2) is 70.5 Å². The zero-order valence-electron chi connectivity index (χ0n) is 22.4. The Balaban J connectivity index is 1.08. The maximum absolute atomic E-state index is 13.2. The number of ether oxygens (including phenoxy) is 2. The van der Waals surface area contributed by atoms with Crippen LogP contribution in [0.1, 0.15) is 27.9 Å². The number of hydrogen-bond donors (Lipinski definition) is 3. The van der Waals surface area contributed by atoms with E-state index in [2.05, 4.69) is 20.7 Å². The van der Waals surface area contributed by atoms with Gasteiger partial charge < -0.3 is 30.3 Å². The molecule has 3 amide bonds. The SMILES string of the molecule is O=C(NCC(=O)N1C[C@H](OC(F)F)C[C@H]1C(=O)NCc1ccc2c(c1)CCN2)c1ccc2c(c1)Oc1ccccc1S2. The number of likely N-dealkylation sites (tertiary alicyclic amines) is 1. The predicted octanol–water partition coefficient (Wildman–Crippen LogP) is 4.17. The third-order valence-corrected chi connectivity index (χ3v) is 8.54. The van der Waals surface area contributed by atoms with Crippen LogP contribution in [-0.4, -0.2) is 61.0 Å². The topological polar surface area (TPSA) is 109 Å². The molecule has 0 aliphatic carbocycles. The molecule has 0 saturated carbocycles. The van der Waals surface area contributed by atoms with Gasteiger partial charge in [0.15, 0.2) is 0 Å². The summed E-state index contributed by atoms with van der Waals surface area (Å²) in [6.07, 6.45) is -0.193. The molecular formula is C30H28F2N4O5S. The van der Waals surface area contributed by atoms with E-state index in [4.69, 9.17) is 4.74 Å². The minimum atomic E-state index is -3.04. The molecule has 2 atom stereocenters. The molecule has 3 heterocycles. The lowest BCUT2D eigenvalue weighted by molar-refractivity contribution is -0.160. The third-order valence-electron chi connectivity index (χ3n) is 7.42. The molecule has 0 unspecified atom stereocenters. The lowest BCUT2D eigenvalue weighted by atomic mass is 10.1. The summed E-state index contributed by atoms with van der Waals surface area (Å²) in [6.45, 7) is -2.56. The standard InChI is InChI=1S/C30H28F2N4O5S/c31-30(32)40-20-13-22(29(39)34-14-17-5-7-21-18(11-17)9-10-33-21)36(16-20)27(37)15-35-28(38)19-6-8-26-24(12-19)41-23-3-1-2-4-25(23)42-26/h1-8,11-12,20,22,30,33H,9-10,13-16H2,(H,34,39)(H,35,38)/t20-,22+/m1/s1. The molecule has 0 radical (unpaired) electrons. The smallest absolute Gasteiger partial charge is 0.345 e. The fourth-order valence-electron chi connectivity index (χ4n) is 5.37. The van der Waals surface area contributed by atoms with Crippen molar-refractivity contribution in [1.82, 2.24) is 15.5 Å². The highest BCUT2D eigenvalue weighted by molar-refractivity contribution is 7.99. The monoisotopic (exact) mass is 594 g/mol. The number of carbonyl (C=O) groups is 3. The highest BCUT2D eigenvalue weighted by Gasteiger charge is 2.41. The number of hydrogen-bond acceptors (Lipinski definition) is 7. The average Bonchev–Trinajstić information content (AvgIpc) is 3.63. The van der Waals surface area contributed by atoms with Crippen molar-refractivity contribution in [2.24, 2.45) is 0 Å². The molecular weight excluding hydrogens is 566 g/mol. The first-order valence-corrected chi connectivity index (χ1v) is 14.4. The minimum Gasteiger partial charge on any atom is -0.455 e. The number of para-hydroxylation sites is 1. The fourth-order valence-corrected chi connectivity index (χ4v) is 6.30. The largest absolute Gasteiger partial charge is 0.455 e. The average molecular weight is 595 g/mol. The molecule has 42 heavy (non-hydrogen) atoms. The van der Waals surface area contributed by atoms with Crippen LogP contribution < -0.4 is 20.7 Å². The summed E-state index contributed by atoms with van der Waals surface area (Å²) >= 11 is 1.53. The van der Waals surface area contributed by atoms with Crippen molar-refractivity contribution in [3.63, 3.8) is 0 Å². The Bertz CT molecular complexity index is 1540. The van der Waals surface area contributed by atoms with Gasteiger partial charge in [-0.3, -0.25) is 14.4 Å². The van der Waals surface area contributed by atoms with Gasteiger partial charge in [0.2, 0.25) is 11.8 Å². The van der Waals surface area contributed by atoms with Crippen LogP contribution >= 0.6 is 11.8 Å². The molecule has 0 aromatic heterocycles. The highest BCUT2D eigenvalue weighted by atomic mass is 32.2. The summed E-state index contributed by atoms with van der Waals surface area (Å²) in [5.41, 5.74) is 3.42. The second kappa shape index (κ2) is 12.0. The number of nitrogens with zero attached hydrogens (tertiary/aromatic N) is 1. The molecule has 12 heteroatoms. The summed E-state index contributed by atoms with van der Waals surface area (Å²) in [4.78, 5) is 42.2. The van der Waals surface area contributed by atoms with Crippen LogP contribution in [0.25, 0.3) is 0 Å². The first-order valence-electron chi connectivity index (χ1n) is 13.6. The van der Waals surface area contributed by atoms with E-state index < -0.39 is 43.0 Å². The van der Waals surface area contributed by atoms with Crippen molar-refractivity contribution in [3.8, 4) is 11.5 Å². The number of nitrogens with one attached hydrogen (secondary N) is 3. The molecule has 6 rings (SSSR count). The van der Waals surface area contributed by atoms with Gasteiger partial charge in [-0.1, -0.05) is 36.0 Å². The van der Waals surface area contributed by atoms with E-state index in [1.807, 2.05) is 42.5 Å². The van der Waals surface area contributed by atoms with Crippen LogP contribution in [0.3, 0.4) is 0 Å². The Kier molecular flexibility index (Phi) is 7.98. The number of anilines is 1. The second-order valence-corrected chi connectivity index (χ2v) is 11.3. The second-order valence-electron chi connectivity index (χ2n) is 10.2. The Morgan fingerprint density at radius 1 is 1.05 bits per heavy atom. The molecule has 3 aromatic rings. The molecule has 1 fully saturated rings. The van der Waals surface area contributed by atoms with Gasteiger partial charge in [-0.05, 0) is 53.9 Å². The molecule has 3 aliphatic heterocycles. The van der Waals surface area contributed by atoms with Crippen molar-refractivity contribution in [2.75, 3.05) is 25.0 Å². The number of fused-ring (bicyclic) bond motifs is 3. The van der Waals surface area contributed by atoms with Crippen LogP contribution in [0.2, 0.25) is 0 Å². The van der Waals surface area contributed by atoms with Crippen molar-refractivity contribution in [3.05, 3.63) is 77.4 Å². The number of halogens is 2. The maximum atomic E-state index is 13.2. The van der Waals surface area contributed by atoms with E-state index in [1.54, 1.807) is 18.2 Å². The molecule has 3 aromatic carbocycles. The zero-order chi connectivity index (χ0) is 29.2. The number of benzene rings is 3.